The normalized spacial score (nSPS) is 14.6. The number of aliphatic hydroxyl groups is 1. The third-order valence-corrected chi connectivity index (χ3v) is 17.2. The Labute approximate surface area is 511 Å². The van der Waals surface area contributed by atoms with Crippen LogP contribution in [0.2, 0.25) is 0 Å². The average Bonchev–Trinajstić information content (AvgIpc) is 3.48. The van der Waals surface area contributed by atoms with Crippen molar-refractivity contribution in [3.05, 3.63) is 0 Å². The number of esters is 4. The van der Waals surface area contributed by atoms with Gasteiger partial charge in [-0.15, -0.1) is 0 Å². The van der Waals surface area contributed by atoms with Gasteiger partial charge < -0.3 is 33.8 Å². The summed E-state index contributed by atoms with van der Waals surface area (Å²) in [5.41, 5.74) is 0. The second-order valence-corrected chi connectivity index (χ2v) is 27.1. The molecule has 0 rings (SSSR count). The van der Waals surface area contributed by atoms with Crippen molar-refractivity contribution in [2.24, 2.45) is 11.8 Å². The first-order chi connectivity index (χ1) is 40.4. The Hall–Kier alpha value is -1.94. The summed E-state index contributed by atoms with van der Waals surface area (Å²) in [5.74, 6) is -0.652. The summed E-state index contributed by atoms with van der Waals surface area (Å²) in [5, 5.41) is 10.5. The molecule has 6 atom stereocenters. The zero-order valence-electron chi connectivity index (χ0n) is 54.2. The molecular weight excluding hydrogens is 1110 g/mol. The van der Waals surface area contributed by atoms with Gasteiger partial charge in [-0.3, -0.25) is 37.3 Å². The van der Waals surface area contributed by atoms with E-state index in [1.165, 1.54) is 135 Å². The lowest BCUT2D eigenvalue weighted by Crippen LogP contribution is -2.30. The molecule has 0 saturated heterocycles. The molecular formula is C65H126O17P2. The second kappa shape index (κ2) is 57.5. The molecule has 0 aromatic heterocycles. The third kappa shape index (κ3) is 57.8. The van der Waals surface area contributed by atoms with E-state index in [0.717, 1.165) is 108 Å². The highest BCUT2D eigenvalue weighted by atomic mass is 31.2. The van der Waals surface area contributed by atoms with E-state index >= 15 is 0 Å². The number of phosphoric acid groups is 2. The van der Waals surface area contributed by atoms with Gasteiger partial charge in [0.2, 0.25) is 0 Å². The molecule has 0 bridgehead atoms. The first-order valence-electron chi connectivity index (χ1n) is 34.0. The van der Waals surface area contributed by atoms with Gasteiger partial charge in [-0.1, -0.05) is 273 Å². The molecule has 0 fully saturated rings. The van der Waals surface area contributed by atoms with E-state index in [9.17, 15) is 43.2 Å². The molecule has 0 radical (unpaired) electrons. The molecule has 0 heterocycles. The van der Waals surface area contributed by atoms with Gasteiger partial charge in [0, 0.05) is 25.7 Å². The zero-order chi connectivity index (χ0) is 62.2. The van der Waals surface area contributed by atoms with Crippen LogP contribution in [0.1, 0.15) is 324 Å². The van der Waals surface area contributed by atoms with Crippen molar-refractivity contribution in [1.82, 2.24) is 0 Å². The number of aliphatic hydroxyl groups excluding tert-OH is 1. The quantitative estimate of drug-likeness (QED) is 0.0222. The van der Waals surface area contributed by atoms with Crippen LogP contribution in [0.4, 0.5) is 0 Å². The van der Waals surface area contributed by atoms with Crippen LogP contribution in [0, 0.1) is 11.8 Å². The summed E-state index contributed by atoms with van der Waals surface area (Å²) < 4.78 is 67.9. The van der Waals surface area contributed by atoms with Crippen LogP contribution in [0.5, 0.6) is 0 Å². The summed E-state index contributed by atoms with van der Waals surface area (Å²) in [7, 11) is -9.88. The van der Waals surface area contributed by atoms with E-state index in [1.54, 1.807) is 0 Å². The zero-order valence-corrected chi connectivity index (χ0v) is 56.0. The van der Waals surface area contributed by atoms with E-state index in [-0.39, 0.29) is 25.7 Å². The van der Waals surface area contributed by atoms with E-state index in [0.29, 0.717) is 25.7 Å². The van der Waals surface area contributed by atoms with Crippen molar-refractivity contribution in [1.29, 1.82) is 0 Å². The SMILES string of the molecule is CCCCCCCCCCCCCCCCCC(=O)O[C@H](COC(=O)CCCCCCCCCCCCCC(C)C)COP(=O)(O)OC[C@@H](O)COP(=O)(O)OC[C@@H](COC(=O)CCCCCCC)OC(=O)CCCCCCCCC(C)CC. The number of unbranched alkanes of at least 4 members (excludes halogenated alkanes) is 33. The number of carbonyl (C=O) groups is 4. The maximum absolute atomic E-state index is 13.0. The lowest BCUT2D eigenvalue weighted by Gasteiger charge is -2.21. The highest BCUT2D eigenvalue weighted by molar-refractivity contribution is 7.47. The third-order valence-electron chi connectivity index (χ3n) is 15.3. The second-order valence-electron chi connectivity index (χ2n) is 24.2. The van der Waals surface area contributed by atoms with E-state index < -0.39 is 97.5 Å². The number of phosphoric ester groups is 2. The highest BCUT2D eigenvalue weighted by Crippen LogP contribution is 2.45. The first kappa shape index (κ1) is 82.1. The smallest absolute Gasteiger partial charge is 0.462 e. The van der Waals surface area contributed by atoms with Crippen LogP contribution in [0.15, 0.2) is 0 Å². The predicted octanol–water partition coefficient (Wildman–Crippen LogP) is 18.0. The molecule has 17 nitrogen and oxygen atoms in total. The Morgan fingerprint density at radius 2 is 0.607 bits per heavy atom. The molecule has 0 aromatic carbocycles. The van der Waals surface area contributed by atoms with Crippen LogP contribution < -0.4 is 0 Å². The lowest BCUT2D eigenvalue weighted by molar-refractivity contribution is -0.161. The fourth-order valence-corrected chi connectivity index (χ4v) is 11.3. The van der Waals surface area contributed by atoms with Gasteiger partial charge in [0.25, 0.3) is 0 Å². The minimum absolute atomic E-state index is 0.102. The van der Waals surface area contributed by atoms with Crippen molar-refractivity contribution in [2.45, 2.75) is 342 Å². The number of carbonyl (C=O) groups excluding carboxylic acids is 4. The first-order valence-corrected chi connectivity index (χ1v) is 37.0. The molecule has 0 aliphatic carbocycles. The Kier molecular flexibility index (Phi) is 56.2. The molecule has 3 N–H and O–H groups in total. The molecule has 3 unspecified atom stereocenters. The molecule has 19 heteroatoms. The number of ether oxygens (including phenoxy) is 4. The van der Waals surface area contributed by atoms with Crippen LogP contribution in [0.3, 0.4) is 0 Å². The van der Waals surface area contributed by atoms with Gasteiger partial charge in [0.1, 0.15) is 19.3 Å². The molecule has 0 spiro atoms. The highest BCUT2D eigenvalue weighted by Gasteiger charge is 2.30. The van der Waals surface area contributed by atoms with Gasteiger partial charge in [-0.25, -0.2) is 9.13 Å². The summed E-state index contributed by atoms with van der Waals surface area (Å²) in [6, 6.07) is 0. The molecule has 0 aromatic rings. The Morgan fingerprint density at radius 3 is 0.905 bits per heavy atom. The summed E-state index contributed by atoms with van der Waals surface area (Å²) >= 11 is 0. The minimum Gasteiger partial charge on any atom is -0.462 e. The topological polar surface area (TPSA) is 237 Å². The van der Waals surface area contributed by atoms with Crippen molar-refractivity contribution in [3.63, 3.8) is 0 Å². The predicted molar refractivity (Wildman–Crippen MR) is 335 cm³/mol. The number of rotatable bonds is 64. The van der Waals surface area contributed by atoms with Crippen molar-refractivity contribution >= 4 is 39.5 Å². The maximum Gasteiger partial charge on any atom is 0.472 e. The summed E-state index contributed by atoms with van der Waals surface area (Å²) in [4.78, 5) is 72.0. The van der Waals surface area contributed by atoms with Crippen LogP contribution in [-0.2, 0) is 65.4 Å². The molecule has 0 aliphatic rings. The van der Waals surface area contributed by atoms with Crippen molar-refractivity contribution in [3.8, 4) is 0 Å². The van der Waals surface area contributed by atoms with E-state index in [4.69, 9.17) is 37.0 Å². The Balaban J connectivity index is 5.18. The largest absolute Gasteiger partial charge is 0.472 e. The molecule has 0 amide bonds. The van der Waals surface area contributed by atoms with Gasteiger partial charge in [0.05, 0.1) is 26.4 Å². The molecule has 84 heavy (non-hydrogen) atoms. The molecule has 0 aliphatic heterocycles. The Bertz CT molecular complexity index is 1650. The van der Waals surface area contributed by atoms with Crippen LogP contribution in [-0.4, -0.2) is 96.7 Å². The van der Waals surface area contributed by atoms with E-state index in [2.05, 4.69) is 41.5 Å². The van der Waals surface area contributed by atoms with Crippen LogP contribution in [0.25, 0.3) is 0 Å². The monoisotopic (exact) mass is 1240 g/mol. The van der Waals surface area contributed by atoms with Gasteiger partial charge in [-0.05, 0) is 37.5 Å². The van der Waals surface area contributed by atoms with Gasteiger partial charge in [0.15, 0.2) is 12.2 Å². The maximum atomic E-state index is 13.0. The Morgan fingerprint density at radius 1 is 0.345 bits per heavy atom. The summed E-state index contributed by atoms with van der Waals surface area (Å²) in [6.07, 6.45) is 40.7. The molecule has 498 valence electrons. The lowest BCUT2D eigenvalue weighted by atomic mass is 10.00. The van der Waals surface area contributed by atoms with Crippen molar-refractivity contribution < 1.29 is 80.2 Å². The van der Waals surface area contributed by atoms with Crippen LogP contribution >= 0.6 is 15.6 Å². The average molecular weight is 1240 g/mol. The summed E-state index contributed by atoms with van der Waals surface area (Å²) in [6.45, 7) is 9.38. The van der Waals surface area contributed by atoms with Gasteiger partial charge >= 0.3 is 39.5 Å². The minimum atomic E-state index is -4.95. The number of hydrogen-bond donors (Lipinski definition) is 3. The molecule has 0 saturated carbocycles. The van der Waals surface area contributed by atoms with Gasteiger partial charge in [-0.2, -0.15) is 0 Å². The standard InChI is InChI=1S/C65H126O17P2/c1-7-10-12-14-15-16-17-18-19-20-23-27-30-37-43-49-64(69)81-61(54-76-63(68)48-42-36-29-26-24-21-22-25-28-34-39-45-57(4)5)56-80-84(73,74)78-52-59(66)51-77-83(71,72)79-55-60(53-75-62(67)47-41-33-13-11-8-2)82-65(70)50-44-38-32-31-35-40-46-58(6)9-3/h57-61,66H,7-56H2,1-6H3,(H,71,72)(H,73,74)/t58?,59-,60+,61+/m0/s1. The van der Waals surface area contributed by atoms with Crippen molar-refractivity contribution in [2.75, 3.05) is 39.6 Å². The fraction of sp³-hybridized carbons (Fsp3) is 0.938. The fourth-order valence-electron chi connectivity index (χ4n) is 9.68. The van der Waals surface area contributed by atoms with E-state index in [1.807, 2.05) is 0 Å². The number of hydrogen-bond acceptors (Lipinski definition) is 15.